The molecule has 0 saturated carbocycles. The van der Waals surface area contributed by atoms with Crippen LogP contribution in [0.15, 0.2) is 48.5 Å². The number of aryl methyl sites for hydroxylation is 1. The number of nitrogens with one attached hydrogen (secondary N) is 1. The lowest BCUT2D eigenvalue weighted by atomic mass is 10.2. The predicted octanol–water partition coefficient (Wildman–Crippen LogP) is 3.08. The molecule has 20 heavy (non-hydrogen) atoms. The summed E-state index contributed by atoms with van der Waals surface area (Å²) < 4.78 is 2.00. The normalized spacial score (nSPS) is 10.9. The molecule has 4 nitrogen and oxygen atoms in total. The molecule has 0 radical (unpaired) electrons. The third-order valence-corrected chi connectivity index (χ3v) is 3.25. The lowest BCUT2D eigenvalue weighted by molar-refractivity contribution is 0.278. The molecule has 0 bridgehead atoms. The van der Waals surface area contributed by atoms with Gasteiger partial charge in [-0.05, 0) is 36.8 Å². The van der Waals surface area contributed by atoms with Gasteiger partial charge in [0.25, 0.3) is 0 Å². The summed E-state index contributed by atoms with van der Waals surface area (Å²) >= 11 is 0. The summed E-state index contributed by atoms with van der Waals surface area (Å²) in [6.07, 6.45) is 0. The number of hydrogen-bond acceptors (Lipinski definition) is 3. The Morgan fingerprint density at radius 3 is 2.80 bits per heavy atom. The number of hydrogen-bond donors (Lipinski definition) is 2. The average Bonchev–Trinajstić information content (AvgIpc) is 2.77. The molecule has 3 aromatic rings. The van der Waals surface area contributed by atoms with Gasteiger partial charge in [-0.1, -0.05) is 24.3 Å². The Bertz CT molecular complexity index is 733. The molecule has 0 saturated heterocycles. The highest BCUT2D eigenvalue weighted by molar-refractivity contribution is 5.79. The van der Waals surface area contributed by atoms with E-state index in [-0.39, 0.29) is 6.61 Å². The zero-order valence-electron chi connectivity index (χ0n) is 11.4. The van der Waals surface area contributed by atoms with Gasteiger partial charge in [0.1, 0.15) is 0 Å². The van der Waals surface area contributed by atoms with Crippen molar-refractivity contribution in [1.29, 1.82) is 0 Å². The first-order chi connectivity index (χ1) is 9.78. The summed E-state index contributed by atoms with van der Waals surface area (Å²) in [5.41, 5.74) is 4.15. The van der Waals surface area contributed by atoms with Gasteiger partial charge in [-0.15, -0.1) is 0 Å². The van der Waals surface area contributed by atoms with Gasteiger partial charge in [0.15, 0.2) is 0 Å². The lowest BCUT2D eigenvalue weighted by Gasteiger charge is -2.09. The molecule has 1 aromatic heterocycles. The summed E-state index contributed by atoms with van der Waals surface area (Å²) in [6, 6.07) is 16.1. The van der Waals surface area contributed by atoms with E-state index in [0.717, 1.165) is 22.7 Å². The minimum Gasteiger partial charge on any atom is -0.395 e. The van der Waals surface area contributed by atoms with Crippen LogP contribution in [-0.4, -0.2) is 21.3 Å². The van der Waals surface area contributed by atoms with Crippen LogP contribution in [0.2, 0.25) is 0 Å². The van der Waals surface area contributed by atoms with Crippen molar-refractivity contribution in [2.75, 3.05) is 11.9 Å². The van der Waals surface area contributed by atoms with Crippen molar-refractivity contribution in [1.82, 2.24) is 9.55 Å². The first-order valence-electron chi connectivity index (χ1n) is 6.68. The van der Waals surface area contributed by atoms with Crippen molar-refractivity contribution in [2.45, 2.75) is 13.5 Å². The third-order valence-electron chi connectivity index (χ3n) is 3.25. The Kier molecular flexibility index (Phi) is 3.39. The Morgan fingerprint density at radius 1 is 1.15 bits per heavy atom. The molecule has 0 amide bonds. The van der Waals surface area contributed by atoms with Gasteiger partial charge in [0.05, 0.1) is 17.6 Å². The van der Waals surface area contributed by atoms with Crippen molar-refractivity contribution < 1.29 is 5.11 Å². The van der Waals surface area contributed by atoms with Crippen LogP contribution in [0.4, 0.5) is 11.6 Å². The topological polar surface area (TPSA) is 50.1 Å². The van der Waals surface area contributed by atoms with E-state index in [0.29, 0.717) is 6.54 Å². The first-order valence-corrected chi connectivity index (χ1v) is 6.68. The quantitative estimate of drug-likeness (QED) is 0.763. The fourth-order valence-electron chi connectivity index (χ4n) is 2.35. The summed E-state index contributed by atoms with van der Waals surface area (Å²) in [5, 5.41) is 12.6. The van der Waals surface area contributed by atoms with Crippen molar-refractivity contribution >= 4 is 22.7 Å². The molecule has 0 aliphatic rings. The highest BCUT2D eigenvalue weighted by Crippen LogP contribution is 2.23. The van der Waals surface area contributed by atoms with Gasteiger partial charge in [-0.3, -0.25) is 0 Å². The second kappa shape index (κ2) is 5.35. The Morgan fingerprint density at radius 2 is 2.00 bits per heavy atom. The van der Waals surface area contributed by atoms with Crippen LogP contribution in [0.3, 0.4) is 0 Å². The van der Waals surface area contributed by atoms with E-state index in [2.05, 4.69) is 29.4 Å². The summed E-state index contributed by atoms with van der Waals surface area (Å²) in [4.78, 5) is 4.60. The molecule has 4 heteroatoms. The molecule has 0 atom stereocenters. The maximum Gasteiger partial charge on any atom is 0.208 e. The molecule has 102 valence electrons. The van der Waals surface area contributed by atoms with E-state index in [1.54, 1.807) is 0 Å². The van der Waals surface area contributed by atoms with Gasteiger partial charge < -0.3 is 15.0 Å². The van der Waals surface area contributed by atoms with E-state index in [1.165, 1.54) is 5.56 Å². The van der Waals surface area contributed by atoms with Crippen LogP contribution in [-0.2, 0) is 6.54 Å². The molecular weight excluding hydrogens is 250 g/mol. The summed E-state index contributed by atoms with van der Waals surface area (Å²) in [5.74, 6) is 0.755. The largest absolute Gasteiger partial charge is 0.395 e. The zero-order valence-corrected chi connectivity index (χ0v) is 11.4. The van der Waals surface area contributed by atoms with Crippen LogP contribution >= 0.6 is 0 Å². The smallest absolute Gasteiger partial charge is 0.208 e. The monoisotopic (exact) mass is 267 g/mol. The highest BCUT2D eigenvalue weighted by Gasteiger charge is 2.09. The zero-order chi connectivity index (χ0) is 13.9. The van der Waals surface area contributed by atoms with Crippen LogP contribution < -0.4 is 5.32 Å². The molecule has 3 rings (SSSR count). The Labute approximate surface area is 117 Å². The number of benzene rings is 2. The van der Waals surface area contributed by atoms with Crippen LogP contribution in [0, 0.1) is 6.92 Å². The van der Waals surface area contributed by atoms with Crippen LogP contribution in [0.5, 0.6) is 0 Å². The van der Waals surface area contributed by atoms with E-state index in [9.17, 15) is 5.11 Å². The van der Waals surface area contributed by atoms with Gasteiger partial charge >= 0.3 is 0 Å². The van der Waals surface area contributed by atoms with Gasteiger partial charge in [-0.25, -0.2) is 4.98 Å². The van der Waals surface area contributed by atoms with Crippen molar-refractivity contribution in [3.63, 3.8) is 0 Å². The SMILES string of the molecule is Cc1cccc(Nc2nc3ccccc3n2CCO)c1. The number of rotatable bonds is 4. The molecular formula is C16H17N3O. The maximum atomic E-state index is 9.26. The molecule has 0 spiro atoms. The average molecular weight is 267 g/mol. The predicted molar refractivity (Wildman–Crippen MR) is 81.3 cm³/mol. The molecule has 1 heterocycles. The fourth-order valence-corrected chi connectivity index (χ4v) is 2.35. The highest BCUT2D eigenvalue weighted by atomic mass is 16.3. The third kappa shape index (κ3) is 2.38. The standard InChI is InChI=1S/C16H17N3O/c1-12-5-4-6-13(11-12)17-16-18-14-7-2-3-8-15(14)19(16)9-10-20/h2-8,11,20H,9-10H2,1H3,(H,17,18). The first kappa shape index (κ1) is 12.7. The number of nitrogens with zero attached hydrogens (tertiary/aromatic N) is 2. The van der Waals surface area contributed by atoms with Gasteiger partial charge in [0, 0.05) is 12.2 Å². The molecule has 0 unspecified atom stereocenters. The second-order valence-corrected chi connectivity index (χ2v) is 4.79. The summed E-state index contributed by atoms with van der Waals surface area (Å²) in [7, 11) is 0. The Hall–Kier alpha value is -2.33. The molecule has 0 fully saturated rings. The Balaban J connectivity index is 2.04. The number of aliphatic hydroxyl groups excluding tert-OH is 1. The minimum absolute atomic E-state index is 0.0862. The van der Waals surface area contributed by atoms with E-state index in [1.807, 2.05) is 41.0 Å². The van der Waals surface area contributed by atoms with Crippen molar-refractivity contribution in [3.05, 3.63) is 54.1 Å². The van der Waals surface area contributed by atoms with E-state index >= 15 is 0 Å². The fraction of sp³-hybridized carbons (Fsp3) is 0.188. The lowest BCUT2D eigenvalue weighted by Crippen LogP contribution is -2.06. The molecule has 2 aromatic carbocycles. The number of para-hydroxylation sites is 2. The molecule has 2 N–H and O–H groups in total. The van der Waals surface area contributed by atoms with Crippen molar-refractivity contribution in [2.24, 2.45) is 0 Å². The summed E-state index contributed by atoms with van der Waals surface area (Å²) in [6.45, 7) is 2.67. The minimum atomic E-state index is 0.0862. The maximum absolute atomic E-state index is 9.26. The molecule has 0 aliphatic carbocycles. The van der Waals surface area contributed by atoms with Crippen LogP contribution in [0.25, 0.3) is 11.0 Å². The number of imidazole rings is 1. The number of aromatic nitrogens is 2. The molecule has 0 aliphatic heterocycles. The van der Waals surface area contributed by atoms with Gasteiger partial charge in [-0.2, -0.15) is 0 Å². The van der Waals surface area contributed by atoms with Crippen molar-refractivity contribution in [3.8, 4) is 0 Å². The number of fused-ring (bicyclic) bond motifs is 1. The second-order valence-electron chi connectivity index (χ2n) is 4.79. The van der Waals surface area contributed by atoms with E-state index < -0.39 is 0 Å². The van der Waals surface area contributed by atoms with E-state index in [4.69, 9.17) is 0 Å². The number of anilines is 2. The van der Waals surface area contributed by atoms with Crippen LogP contribution in [0.1, 0.15) is 5.56 Å². The van der Waals surface area contributed by atoms with Gasteiger partial charge in [0.2, 0.25) is 5.95 Å². The number of aliphatic hydroxyl groups is 1.